The number of hydrogen-bond acceptors (Lipinski definition) is 3. The van der Waals surface area contributed by atoms with Crippen LogP contribution in [-0.2, 0) is 0 Å². The standard InChI is InChI=1S/C54H31NOS/c1-2-14-36-34(12-1)35-13-3-4-15-37(35)45-28-32(24-26-40(36)45)55(50-21-11-20-44-42-18-7-9-22-51(42)56-54(44)50)33-25-27-41-46(29-33)38-16-5-6-17-39(38)47-30-49-43-19-8-10-23-52(43)57-53(49)31-48(41)47/h1-31H. The van der Waals surface area contributed by atoms with E-state index >= 15 is 0 Å². The average Bonchev–Trinajstić information content (AvgIpc) is 3.84. The molecule has 0 radical (unpaired) electrons. The third kappa shape index (κ3) is 4.40. The highest BCUT2D eigenvalue weighted by Crippen LogP contribution is 2.47. The van der Waals surface area contributed by atoms with Crippen LogP contribution in [0.15, 0.2) is 192 Å². The van der Waals surface area contributed by atoms with Crippen molar-refractivity contribution in [3.05, 3.63) is 188 Å². The number of rotatable bonds is 3. The van der Waals surface area contributed by atoms with Crippen LogP contribution in [0, 0.1) is 0 Å². The Labute approximate surface area is 331 Å². The van der Waals surface area contributed by atoms with Crippen molar-refractivity contribution in [2.75, 3.05) is 4.90 Å². The normalized spacial score (nSPS) is 12.2. The van der Waals surface area contributed by atoms with Gasteiger partial charge in [-0.1, -0.05) is 133 Å². The Hall–Kier alpha value is -7.20. The van der Waals surface area contributed by atoms with Gasteiger partial charge in [-0.15, -0.1) is 11.3 Å². The van der Waals surface area contributed by atoms with E-state index in [9.17, 15) is 0 Å². The summed E-state index contributed by atoms with van der Waals surface area (Å²) in [5.41, 5.74) is 4.92. The molecular formula is C54H31NOS. The third-order valence-corrected chi connectivity index (χ3v) is 13.3. The molecule has 0 bridgehead atoms. The van der Waals surface area contributed by atoms with E-state index in [0.717, 1.165) is 39.0 Å². The lowest BCUT2D eigenvalue weighted by molar-refractivity contribution is 0.669. The van der Waals surface area contributed by atoms with Crippen molar-refractivity contribution in [3.8, 4) is 0 Å². The third-order valence-electron chi connectivity index (χ3n) is 12.2. The molecule has 2 aromatic heterocycles. The summed E-state index contributed by atoms with van der Waals surface area (Å²) in [5.74, 6) is 0. The van der Waals surface area contributed by atoms with Crippen LogP contribution in [0.5, 0.6) is 0 Å². The van der Waals surface area contributed by atoms with Gasteiger partial charge in [0.15, 0.2) is 5.58 Å². The van der Waals surface area contributed by atoms with Crippen LogP contribution in [0.2, 0.25) is 0 Å². The van der Waals surface area contributed by atoms with Crippen molar-refractivity contribution < 1.29 is 4.42 Å². The van der Waals surface area contributed by atoms with Gasteiger partial charge in [-0.05, 0) is 119 Å². The van der Waals surface area contributed by atoms with E-state index in [2.05, 4.69) is 187 Å². The predicted molar refractivity (Wildman–Crippen MR) is 246 cm³/mol. The van der Waals surface area contributed by atoms with Crippen molar-refractivity contribution in [3.63, 3.8) is 0 Å². The molecule has 0 N–H and O–H groups in total. The second kappa shape index (κ2) is 11.7. The SMILES string of the molecule is c1ccc2c(c1)oc1c(N(c3ccc4c5ccccc5c5ccccc5c4c3)c3ccc4c(c3)c3ccccc3c3cc5c(cc43)sc3ccccc35)cccc12. The highest BCUT2D eigenvalue weighted by atomic mass is 32.1. The van der Waals surface area contributed by atoms with Crippen LogP contribution in [0.1, 0.15) is 0 Å². The first kappa shape index (κ1) is 31.1. The van der Waals surface area contributed by atoms with Gasteiger partial charge in [-0.3, -0.25) is 0 Å². The molecule has 0 amide bonds. The minimum atomic E-state index is 0.873. The molecule has 11 aromatic carbocycles. The summed E-state index contributed by atoms with van der Waals surface area (Å²) < 4.78 is 9.41. The van der Waals surface area contributed by atoms with Crippen molar-refractivity contribution in [2.45, 2.75) is 0 Å². The lowest BCUT2D eigenvalue weighted by atomic mass is 9.92. The zero-order valence-corrected chi connectivity index (χ0v) is 31.5. The fourth-order valence-corrected chi connectivity index (χ4v) is 10.8. The van der Waals surface area contributed by atoms with Gasteiger partial charge >= 0.3 is 0 Å². The highest BCUT2D eigenvalue weighted by Gasteiger charge is 2.22. The molecule has 0 atom stereocenters. The predicted octanol–water partition coefficient (Wildman–Crippen LogP) is 16.3. The van der Waals surface area contributed by atoms with Crippen LogP contribution in [0.25, 0.3) is 107 Å². The largest absolute Gasteiger partial charge is 0.454 e. The van der Waals surface area contributed by atoms with Gasteiger partial charge in [0, 0.05) is 42.3 Å². The van der Waals surface area contributed by atoms with Gasteiger partial charge in [0.05, 0.1) is 5.69 Å². The Balaban J connectivity index is 1.13. The molecule has 2 nitrogen and oxygen atoms in total. The summed E-state index contributed by atoms with van der Waals surface area (Å²) in [6, 6.07) is 69.1. The maximum atomic E-state index is 6.76. The molecule has 2 heterocycles. The summed E-state index contributed by atoms with van der Waals surface area (Å²) in [7, 11) is 0. The van der Waals surface area contributed by atoms with Crippen LogP contribution >= 0.6 is 11.3 Å². The second-order valence-corrected chi connectivity index (χ2v) is 16.3. The minimum Gasteiger partial charge on any atom is -0.454 e. The molecule has 0 fully saturated rings. The van der Waals surface area contributed by atoms with E-state index in [1.54, 1.807) is 0 Å². The Morgan fingerprint density at radius 1 is 0.298 bits per heavy atom. The lowest BCUT2D eigenvalue weighted by Crippen LogP contribution is -2.10. The molecule has 3 heteroatoms. The highest BCUT2D eigenvalue weighted by molar-refractivity contribution is 7.25. The van der Waals surface area contributed by atoms with Gasteiger partial charge in [0.2, 0.25) is 0 Å². The van der Waals surface area contributed by atoms with Crippen molar-refractivity contribution >= 4 is 135 Å². The van der Waals surface area contributed by atoms with Crippen LogP contribution < -0.4 is 4.90 Å². The Morgan fingerprint density at radius 3 is 1.39 bits per heavy atom. The molecule has 0 spiro atoms. The molecule has 0 aliphatic rings. The minimum absolute atomic E-state index is 0.873. The van der Waals surface area contributed by atoms with Gasteiger partial charge in [-0.2, -0.15) is 0 Å². The Bertz CT molecular complexity index is 3800. The summed E-state index contributed by atoms with van der Waals surface area (Å²) in [6.45, 7) is 0. The molecule has 0 saturated heterocycles. The monoisotopic (exact) mass is 741 g/mol. The maximum absolute atomic E-state index is 6.76. The topological polar surface area (TPSA) is 16.4 Å². The number of benzene rings is 11. The van der Waals surface area contributed by atoms with Crippen molar-refractivity contribution in [2.24, 2.45) is 0 Å². The number of thiophene rings is 1. The van der Waals surface area contributed by atoms with E-state index in [0.29, 0.717) is 0 Å². The number of hydrogen-bond donors (Lipinski definition) is 0. The molecule has 57 heavy (non-hydrogen) atoms. The van der Waals surface area contributed by atoms with Gasteiger partial charge in [0.1, 0.15) is 5.58 Å². The Morgan fingerprint density at radius 2 is 0.754 bits per heavy atom. The first-order valence-electron chi connectivity index (χ1n) is 19.5. The second-order valence-electron chi connectivity index (χ2n) is 15.2. The molecule has 0 aliphatic heterocycles. The van der Waals surface area contributed by atoms with Gasteiger partial charge < -0.3 is 9.32 Å². The zero-order chi connectivity index (χ0) is 37.2. The van der Waals surface area contributed by atoms with Crippen LogP contribution in [0.4, 0.5) is 17.1 Å². The molecular weight excluding hydrogens is 711 g/mol. The van der Waals surface area contributed by atoms with E-state index < -0.39 is 0 Å². The molecule has 0 aliphatic carbocycles. The molecule has 264 valence electrons. The zero-order valence-electron chi connectivity index (χ0n) is 30.7. The summed E-state index contributed by atoms with van der Waals surface area (Å²) in [5, 5.41) is 20.0. The van der Waals surface area contributed by atoms with E-state index in [-0.39, 0.29) is 0 Å². The van der Waals surface area contributed by atoms with E-state index in [1.807, 2.05) is 17.4 Å². The average molecular weight is 742 g/mol. The quantitative estimate of drug-likeness (QED) is 0.168. The molecule has 0 unspecified atom stereocenters. The van der Waals surface area contributed by atoms with Gasteiger partial charge in [-0.25, -0.2) is 0 Å². The van der Waals surface area contributed by atoms with Crippen LogP contribution in [-0.4, -0.2) is 0 Å². The van der Waals surface area contributed by atoms with Crippen LogP contribution in [0.3, 0.4) is 0 Å². The molecule has 0 saturated carbocycles. The fraction of sp³-hybridized carbons (Fsp3) is 0. The smallest absolute Gasteiger partial charge is 0.159 e. The summed E-state index contributed by atoms with van der Waals surface area (Å²) >= 11 is 1.88. The summed E-state index contributed by atoms with van der Waals surface area (Å²) in [6.07, 6.45) is 0. The maximum Gasteiger partial charge on any atom is 0.159 e. The number of nitrogens with zero attached hydrogens (tertiary/aromatic N) is 1. The Kier molecular flexibility index (Phi) is 6.35. The first-order valence-corrected chi connectivity index (χ1v) is 20.3. The molecule has 13 rings (SSSR count). The fourth-order valence-electron chi connectivity index (χ4n) is 9.67. The van der Waals surface area contributed by atoms with Crippen molar-refractivity contribution in [1.82, 2.24) is 0 Å². The summed E-state index contributed by atoms with van der Waals surface area (Å²) in [4.78, 5) is 2.40. The molecule has 13 aromatic rings. The van der Waals surface area contributed by atoms with E-state index in [1.165, 1.54) is 84.8 Å². The number of fused-ring (bicyclic) bond motifs is 18. The number of anilines is 3. The first-order chi connectivity index (χ1) is 28.3. The van der Waals surface area contributed by atoms with E-state index in [4.69, 9.17) is 4.42 Å². The number of para-hydroxylation sites is 2. The van der Waals surface area contributed by atoms with Gasteiger partial charge in [0.25, 0.3) is 0 Å². The number of furan rings is 1. The lowest BCUT2D eigenvalue weighted by Gasteiger charge is -2.27. The van der Waals surface area contributed by atoms with Crippen molar-refractivity contribution in [1.29, 1.82) is 0 Å².